The summed E-state index contributed by atoms with van der Waals surface area (Å²) in [6.07, 6.45) is 2.06. The largest absolute Gasteiger partial charge is 0.481 e. The molecule has 0 bridgehead atoms. The van der Waals surface area contributed by atoms with Gasteiger partial charge in [-0.3, -0.25) is 9.59 Å². The molecule has 5 nitrogen and oxygen atoms in total. The van der Waals surface area contributed by atoms with Crippen LogP contribution in [-0.2, 0) is 14.3 Å². The molecule has 2 N–H and O–H groups in total. The molecule has 1 saturated carbocycles. The Morgan fingerprint density at radius 1 is 1.40 bits per heavy atom. The predicted molar refractivity (Wildman–Crippen MR) is 53.4 cm³/mol. The van der Waals surface area contributed by atoms with E-state index in [0.717, 1.165) is 6.42 Å². The van der Waals surface area contributed by atoms with Crippen molar-refractivity contribution in [3.05, 3.63) is 0 Å². The van der Waals surface area contributed by atoms with Crippen molar-refractivity contribution in [1.82, 2.24) is 5.32 Å². The molecule has 0 aromatic carbocycles. The topological polar surface area (TPSA) is 75.6 Å². The maximum atomic E-state index is 11.5. The first-order chi connectivity index (χ1) is 7.16. The Bertz CT molecular complexity index is 242. The molecule has 2 unspecified atom stereocenters. The molecular formula is C10H17NO4. The summed E-state index contributed by atoms with van der Waals surface area (Å²) < 4.78 is 4.84. The zero-order valence-electron chi connectivity index (χ0n) is 8.86. The highest BCUT2D eigenvalue weighted by atomic mass is 16.5. The fourth-order valence-electron chi connectivity index (χ4n) is 1.67. The smallest absolute Gasteiger partial charge is 0.307 e. The molecule has 0 heterocycles. The standard InChI is InChI=1S/C10H17NO4/c1-15-6-2-5-11-9(12)7-3-4-8(7)10(13)14/h7-8H,2-6H2,1H3,(H,11,12)(H,13,14). The number of carboxylic acid groups (broad SMARTS) is 1. The molecule has 0 spiro atoms. The number of amides is 1. The normalized spacial score (nSPS) is 24.3. The third-order valence-electron chi connectivity index (χ3n) is 2.75. The van der Waals surface area contributed by atoms with Gasteiger partial charge in [-0.1, -0.05) is 0 Å². The SMILES string of the molecule is COCCCNC(=O)C1CCC1C(=O)O. The Hall–Kier alpha value is -1.10. The van der Waals surface area contributed by atoms with Gasteiger partial charge in [0.2, 0.25) is 5.91 Å². The molecule has 0 radical (unpaired) electrons. The van der Waals surface area contributed by atoms with Gasteiger partial charge >= 0.3 is 5.97 Å². The van der Waals surface area contributed by atoms with Gasteiger partial charge in [0.15, 0.2) is 0 Å². The second-order valence-corrected chi connectivity index (χ2v) is 3.77. The predicted octanol–water partition coefficient (Wildman–Crippen LogP) is 0.250. The van der Waals surface area contributed by atoms with E-state index in [1.807, 2.05) is 0 Å². The Labute approximate surface area is 88.8 Å². The van der Waals surface area contributed by atoms with Gasteiger partial charge in [-0.15, -0.1) is 0 Å². The molecule has 1 aliphatic rings. The minimum atomic E-state index is -0.863. The number of carbonyl (C=O) groups excluding carboxylic acids is 1. The molecule has 0 aromatic rings. The van der Waals surface area contributed by atoms with Gasteiger partial charge in [0.1, 0.15) is 0 Å². The minimum Gasteiger partial charge on any atom is -0.481 e. The van der Waals surface area contributed by atoms with Crippen LogP contribution in [0.1, 0.15) is 19.3 Å². The lowest BCUT2D eigenvalue weighted by Gasteiger charge is -2.31. The van der Waals surface area contributed by atoms with E-state index in [9.17, 15) is 9.59 Å². The Morgan fingerprint density at radius 3 is 2.53 bits per heavy atom. The zero-order valence-corrected chi connectivity index (χ0v) is 8.86. The average molecular weight is 215 g/mol. The Kier molecular flexibility index (Phi) is 4.55. The number of carbonyl (C=O) groups is 2. The van der Waals surface area contributed by atoms with Gasteiger partial charge in [-0.2, -0.15) is 0 Å². The van der Waals surface area contributed by atoms with Gasteiger partial charge in [-0.05, 0) is 19.3 Å². The molecule has 0 aliphatic heterocycles. The maximum Gasteiger partial charge on any atom is 0.307 e. The van der Waals surface area contributed by atoms with Crippen LogP contribution in [0, 0.1) is 11.8 Å². The highest BCUT2D eigenvalue weighted by molar-refractivity contribution is 5.86. The van der Waals surface area contributed by atoms with Crippen molar-refractivity contribution in [1.29, 1.82) is 0 Å². The van der Waals surface area contributed by atoms with E-state index in [1.165, 1.54) is 0 Å². The summed E-state index contributed by atoms with van der Waals surface area (Å²) in [5.41, 5.74) is 0. The van der Waals surface area contributed by atoms with Gasteiger partial charge in [0, 0.05) is 20.3 Å². The number of methoxy groups -OCH3 is 1. The molecule has 86 valence electrons. The van der Waals surface area contributed by atoms with E-state index in [1.54, 1.807) is 7.11 Å². The van der Waals surface area contributed by atoms with E-state index >= 15 is 0 Å². The number of ether oxygens (including phenoxy) is 1. The quantitative estimate of drug-likeness (QED) is 0.623. The number of rotatable bonds is 6. The molecule has 5 heteroatoms. The van der Waals surface area contributed by atoms with Crippen molar-refractivity contribution in [2.24, 2.45) is 11.8 Å². The van der Waals surface area contributed by atoms with Crippen LogP contribution in [0.15, 0.2) is 0 Å². The first-order valence-electron chi connectivity index (χ1n) is 5.16. The average Bonchev–Trinajstić information content (AvgIpc) is 2.09. The number of aliphatic carboxylic acids is 1. The van der Waals surface area contributed by atoms with Crippen LogP contribution in [0.4, 0.5) is 0 Å². The highest BCUT2D eigenvalue weighted by Crippen LogP contribution is 2.34. The van der Waals surface area contributed by atoms with E-state index in [-0.39, 0.29) is 11.8 Å². The first-order valence-corrected chi connectivity index (χ1v) is 5.16. The summed E-state index contributed by atoms with van der Waals surface area (Å²) in [6.45, 7) is 1.16. The van der Waals surface area contributed by atoms with E-state index in [2.05, 4.69) is 5.32 Å². The van der Waals surface area contributed by atoms with E-state index in [0.29, 0.717) is 26.0 Å². The van der Waals surface area contributed by atoms with Crippen LogP contribution in [0.5, 0.6) is 0 Å². The highest BCUT2D eigenvalue weighted by Gasteiger charge is 2.41. The van der Waals surface area contributed by atoms with Crippen molar-refractivity contribution in [2.45, 2.75) is 19.3 Å². The molecule has 1 amide bonds. The minimum absolute atomic E-state index is 0.134. The van der Waals surface area contributed by atoms with Crippen molar-refractivity contribution < 1.29 is 19.4 Å². The van der Waals surface area contributed by atoms with Crippen molar-refractivity contribution >= 4 is 11.9 Å². The fourth-order valence-corrected chi connectivity index (χ4v) is 1.67. The van der Waals surface area contributed by atoms with Crippen LogP contribution < -0.4 is 5.32 Å². The van der Waals surface area contributed by atoms with Crippen molar-refractivity contribution in [3.63, 3.8) is 0 Å². The van der Waals surface area contributed by atoms with Crippen molar-refractivity contribution in [2.75, 3.05) is 20.3 Å². The van der Waals surface area contributed by atoms with Crippen LogP contribution in [0.3, 0.4) is 0 Å². The van der Waals surface area contributed by atoms with Crippen LogP contribution in [0.2, 0.25) is 0 Å². The summed E-state index contributed by atoms with van der Waals surface area (Å²) in [5.74, 6) is -1.81. The third kappa shape index (κ3) is 3.20. The zero-order chi connectivity index (χ0) is 11.3. The van der Waals surface area contributed by atoms with Gasteiger partial charge in [0.25, 0.3) is 0 Å². The number of hydrogen-bond acceptors (Lipinski definition) is 3. The second-order valence-electron chi connectivity index (χ2n) is 3.77. The van der Waals surface area contributed by atoms with E-state index in [4.69, 9.17) is 9.84 Å². The van der Waals surface area contributed by atoms with Gasteiger partial charge in [0.05, 0.1) is 11.8 Å². The maximum absolute atomic E-state index is 11.5. The molecular weight excluding hydrogens is 198 g/mol. The van der Waals surface area contributed by atoms with Gasteiger partial charge < -0.3 is 15.2 Å². The molecule has 2 atom stereocenters. The molecule has 0 aromatic heterocycles. The van der Waals surface area contributed by atoms with Gasteiger partial charge in [-0.25, -0.2) is 0 Å². The third-order valence-corrected chi connectivity index (χ3v) is 2.75. The monoisotopic (exact) mass is 215 g/mol. The lowest BCUT2D eigenvalue weighted by Crippen LogP contribution is -2.44. The summed E-state index contributed by atoms with van der Waals surface area (Å²) >= 11 is 0. The number of nitrogens with one attached hydrogen (secondary N) is 1. The molecule has 1 rings (SSSR count). The molecule has 1 fully saturated rings. The number of hydrogen-bond donors (Lipinski definition) is 2. The summed E-state index contributed by atoms with van der Waals surface area (Å²) in [7, 11) is 1.61. The fraction of sp³-hybridized carbons (Fsp3) is 0.800. The van der Waals surface area contributed by atoms with Crippen molar-refractivity contribution in [3.8, 4) is 0 Å². The molecule has 15 heavy (non-hydrogen) atoms. The lowest BCUT2D eigenvalue weighted by atomic mass is 9.73. The lowest BCUT2D eigenvalue weighted by molar-refractivity contribution is -0.152. The summed E-state index contributed by atoms with van der Waals surface area (Å²) in [6, 6.07) is 0. The number of carboxylic acids is 1. The second kappa shape index (κ2) is 5.70. The van der Waals surface area contributed by atoms with Crippen LogP contribution in [0.25, 0.3) is 0 Å². The molecule has 1 aliphatic carbocycles. The summed E-state index contributed by atoms with van der Waals surface area (Å²) in [5, 5.41) is 11.5. The molecule has 0 saturated heterocycles. The Balaban J connectivity index is 2.20. The van der Waals surface area contributed by atoms with Crippen LogP contribution >= 0.6 is 0 Å². The Morgan fingerprint density at radius 2 is 2.07 bits per heavy atom. The van der Waals surface area contributed by atoms with Crippen LogP contribution in [-0.4, -0.2) is 37.2 Å². The van der Waals surface area contributed by atoms with E-state index < -0.39 is 11.9 Å². The first kappa shape index (κ1) is 12.0. The summed E-state index contributed by atoms with van der Waals surface area (Å²) in [4.78, 5) is 22.2.